The van der Waals surface area contributed by atoms with E-state index in [0.29, 0.717) is 35.6 Å². The number of unbranched alkanes of at least 4 members (excludes halogenated alkanes) is 1. The summed E-state index contributed by atoms with van der Waals surface area (Å²) in [4.78, 5) is 10.9. The van der Waals surface area contributed by atoms with Crippen LogP contribution in [-0.2, 0) is 14.8 Å². The normalized spacial score (nSPS) is 26.9. The van der Waals surface area contributed by atoms with Gasteiger partial charge in [-0.1, -0.05) is 42.0 Å². The van der Waals surface area contributed by atoms with E-state index in [1.54, 1.807) is 24.3 Å². The van der Waals surface area contributed by atoms with E-state index < -0.39 is 16.0 Å². The molecule has 4 unspecified atom stereocenters. The molecule has 1 saturated carbocycles. The van der Waals surface area contributed by atoms with Crippen LogP contribution in [0.25, 0.3) is 0 Å². The van der Waals surface area contributed by atoms with Gasteiger partial charge in [-0.2, -0.15) is 0 Å². The van der Waals surface area contributed by atoms with Crippen LogP contribution in [0.15, 0.2) is 53.5 Å². The van der Waals surface area contributed by atoms with Crippen LogP contribution >= 0.6 is 0 Å². The first-order chi connectivity index (χ1) is 12.9. The van der Waals surface area contributed by atoms with Crippen molar-refractivity contribution in [3.8, 4) is 0 Å². The molecule has 0 spiro atoms. The van der Waals surface area contributed by atoms with Gasteiger partial charge in [0.2, 0.25) is 10.0 Å². The fraction of sp³-hybridized carbons (Fsp3) is 0.476. The molecule has 6 heteroatoms. The molecule has 0 aliphatic heterocycles. The lowest BCUT2D eigenvalue weighted by Gasteiger charge is -2.26. The summed E-state index contributed by atoms with van der Waals surface area (Å²) < 4.78 is 27.9. The van der Waals surface area contributed by atoms with Crippen molar-refractivity contribution >= 4 is 16.0 Å². The van der Waals surface area contributed by atoms with Gasteiger partial charge in [-0.3, -0.25) is 4.79 Å². The van der Waals surface area contributed by atoms with Crippen LogP contribution in [0.5, 0.6) is 0 Å². The molecule has 2 aliphatic carbocycles. The first-order valence-corrected chi connectivity index (χ1v) is 11.0. The lowest BCUT2D eigenvalue weighted by atomic mass is 9.83. The number of allylic oxidation sites excluding steroid dienone is 4. The topological polar surface area (TPSA) is 83.5 Å². The third-order valence-corrected chi connectivity index (χ3v) is 7.09. The number of nitrogens with one attached hydrogen (secondary N) is 1. The van der Waals surface area contributed by atoms with Crippen molar-refractivity contribution < 1.29 is 18.3 Å². The Bertz CT molecular complexity index is 826. The lowest BCUT2D eigenvalue weighted by Crippen LogP contribution is -2.34. The largest absolute Gasteiger partial charge is 0.481 e. The van der Waals surface area contributed by atoms with Crippen molar-refractivity contribution in [1.82, 2.24) is 4.72 Å². The number of rotatable bonds is 9. The molecule has 1 aromatic carbocycles. The maximum Gasteiger partial charge on any atom is 0.303 e. The van der Waals surface area contributed by atoms with Crippen LogP contribution in [0.4, 0.5) is 0 Å². The molecule has 0 heterocycles. The monoisotopic (exact) mass is 389 g/mol. The summed E-state index contributed by atoms with van der Waals surface area (Å²) in [7, 11) is -3.51. The zero-order valence-electron chi connectivity index (χ0n) is 15.5. The third-order valence-electron chi connectivity index (χ3n) is 5.65. The van der Waals surface area contributed by atoms with Gasteiger partial charge in [-0.15, -0.1) is 0 Å². The Morgan fingerprint density at radius 1 is 1.22 bits per heavy atom. The fourth-order valence-corrected chi connectivity index (χ4v) is 5.24. The van der Waals surface area contributed by atoms with Gasteiger partial charge in [0.1, 0.15) is 0 Å². The maximum atomic E-state index is 12.6. The van der Waals surface area contributed by atoms with Crippen molar-refractivity contribution in [2.75, 3.05) is 6.54 Å². The predicted molar refractivity (Wildman–Crippen MR) is 105 cm³/mol. The maximum absolute atomic E-state index is 12.6. The summed E-state index contributed by atoms with van der Waals surface area (Å²) in [6.45, 7) is 2.35. The Kier molecular flexibility index (Phi) is 6.17. The molecule has 1 fully saturated rings. The zero-order valence-corrected chi connectivity index (χ0v) is 16.4. The average Bonchev–Trinajstić information content (AvgIpc) is 3.21. The second-order valence-corrected chi connectivity index (χ2v) is 9.34. The molecule has 5 nitrogen and oxygen atoms in total. The molecular weight excluding hydrogens is 362 g/mol. The molecule has 0 aromatic heterocycles. The molecule has 3 rings (SSSR count). The Labute approximate surface area is 161 Å². The van der Waals surface area contributed by atoms with Crippen molar-refractivity contribution in [1.29, 1.82) is 0 Å². The van der Waals surface area contributed by atoms with Crippen LogP contribution < -0.4 is 4.72 Å². The van der Waals surface area contributed by atoms with Crippen LogP contribution in [-0.4, -0.2) is 26.0 Å². The first kappa shape index (κ1) is 19.8. The molecule has 146 valence electrons. The van der Waals surface area contributed by atoms with Gasteiger partial charge in [0.25, 0.3) is 0 Å². The Hall–Kier alpha value is -1.92. The third kappa shape index (κ3) is 4.87. The molecule has 2 N–H and O–H groups in total. The van der Waals surface area contributed by atoms with Gasteiger partial charge in [0.15, 0.2) is 0 Å². The van der Waals surface area contributed by atoms with E-state index in [9.17, 15) is 13.2 Å². The minimum absolute atomic E-state index is 0.181. The molecule has 4 atom stereocenters. The number of benzene rings is 1. The highest BCUT2D eigenvalue weighted by molar-refractivity contribution is 7.89. The van der Waals surface area contributed by atoms with E-state index >= 15 is 0 Å². The van der Waals surface area contributed by atoms with Crippen LogP contribution in [0.3, 0.4) is 0 Å². The fourth-order valence-electron chi connectivity index (χ4n) is 4.17. The van der Waals surface area contributed by atoms with E-state index in [1.165, 1.54) is 0 Å². The molecule has 0 radical (unpaired) electrons. The highest BCUT2D eigenvalue weighted by Crippen LogP contribution is 2.48. The minimum Gasteiger partial charge on any atom is -0.481 e. The van der Waals surface area contributed by atoms with Gasteiger partial charge < -0.3 is 5.11 Å². The van der Waals surface area contributed by atoms with Gasteiger partial charge in [-0.05, 0) is 62.0 Å². The summed E-state index contributed by atoms with van der Waals surface area (Å²) in [6.07, 6.45) is 11.3. The highest BCUT2D eigenvalue weighted by Gasteiger charge is 2.43. The van der Waals surface area contributed by atoms with Crippen molar-refractivity contribution in [3.05, 3.63) is 54.1 Å². The second kappa shape index (κ2) is 8.40. The average molecular weight is 390 g/mol. The van der Waals surface area contributed by atoms with Gasteiger partial charge in [0, 0.05) is 13.0 Å². The van der Waals surface area contributed by atoms with Crippen molar-refractivity contribution in [2.45, 2.75) is 37.5 Å². The van der Waals surface area contributed by atoms with Crippen molar-refractivity contribution in [3.63, 3.8) is 0 Å². The lowest BCUT2D eigenvalue weighted by molar-refractivity contribution is -0.137. The zero-order chi connectivity index (χ0) is 19.4. The van der Waals surface area contributed by atoms with E-state index in [0.717, 1.165) is 18.4 Å². The molecule has 27 heavy (non-hydrogen) atoms. The summed E-state index contributed by atoms with van der Waals surface area (Å²) in [6, 6.07) is 6.88. The Morgan fingerprint density at radius 2 is 1.93 bits per heavy atom. The number of carboxylic acids is 1. The number of hydrogen-bond acceptors (Lipinski definition) is 3. The van der Waals surface area contributed by atoms with Crippen LogP contribution in [0.1, 0.15) is 31.2 Å². The number of aliphatic carboxylic acids is 1. The van der Waals surface area contributed by atoms with Crippen molar-refractivity contribution in [2.24, 2.45) is 23.7 Å². The SMILES string of the molecule is Cc1ccc(S(=O)(=O)NCC2C3C=CC(C3)C2C=CCCCC(=O)O)cc1. The Balaban J connectivity index is 1.60. The summed E-state index contributed by atoms with van der Waals surface area (Å²) in [5, 5.41) is 8.71. The molecular formula is C21H27NO4S. The predicted octanol–water partition coefficient (Wildman–Crippen LogP) is 3.52. The number of carbonyl (C=O) groups is 1. The smallest absolute Gasteiger partial charge is 0.303 e. The molecule has 2 aliphatic rings. The summed E-state index contributed by atoms with van der Waals surface area (Å²) in [5.41, 5.74) is 1.03. The van der Waals surface area contributed by atoms with E-state index in [2.05, 4.69) is 29.0 Å². The highest BCUT2D eigenvalue weighted by atomic mass is 32.2. The van der Waals surface area contributed by atoms with E-state index in [-0.39, 0.29) is 12.3 Å². The summed E-state index contributed by atoms with van der Waals surface area (Å²) >= 11 is 0. The first-order valence-electron chi connectivity index (χ1n) is 9.50. The molecule has 0 amide bonds. The minimum atomic E-state index is -3.51. The van der Waals surface area contributed by atoms with Gasteiger partial charge in [0.05, 0.1) is 4.90 Å². The summed E-state index contributed by atoms with van der Waals surface area (Å²) in [5.74, 6) is 0.653. The number of aryl methyl sites for hydroxylation is 1. The molecule has 2 bridgehead atoms. The van der Waals surface area contributed by atoms with Crippen LogP contribution in [0.2, 0.25) is 0 Å². The number of carboxylic acid groups (broad SMARTS) is 1. The van der Waals surface area contributed by atoms with Gasteiger partial charge in [-0.25, -0.2) is 13.1 Å². The van der Waals surface area contributed by atoms with E-state index in [1.807, 2.05) is 6.92 Å². The van der Waals surface area contributed by atoms with E-state index in [4.69, 9.17) is 5.11 Å². The number of fused-ring (bicyclic) bond motifs is 2. The number of hydrogen-bond donors (Lipinski definition) is 2. The molecule has 0 saturated heterocycles. The van der Waals surface area contributed by atoms with Gasteiger partial charge >= 0.3 is 5.97 Å². The Morgan fingerprint density at radius 3 is 2.63 bits per heavy atom. The standard InChI is InChI=1S/C21H27NO4S/c1-15-7-11-18(12-8-15)27(25,26)22-14-20-17-10-9-16(13-17)19(20)5-3-2-4-6-21(23)24/h3,5,7-12,16-17,19-20,22H,2,4,6,13-14H2,1H3,(H,23,24). The second-order valence-electron chi connectivity index (χ2n) is 7.57. The number of sulfonamides is 1. The molecule has 1 aromatic rings. The quantitative estimate of drug-likeness (QED) is 0.500. The van der Waals surface area contributed by atoms with Crippen LogP contribution in [0, 0.1) is 30.6 Å².